The summed E-state index contributed by atoms with van der Waals surface area (Å²) in [4.78, 5) is 31.2. The van der Waals surface area contributed by atoms with Crippen LogP contribution in [0.1, 0.15) is 52.4 Å². The molecule has 1 fully saturated rings. The van der Waals surface area contributed by atoms with Gasteiger partial charge in [0.1, 0.15) is 0 Å². The van der Waals surface area contributed by atoms with E-state index < -0.39 is 0 Å². The molecule has 0 saturated carbocycles. The summed E-state index contributed by atoms with van der Waals surface area (Å²) >= 11 is 1.50. The minimum absolute atomic E-state index is 0.0113. The van der Waals surface area contributed by atoms with Gasteiger partial charge in [-0.2, -0.15) is 0 Å². The van der Waals surface area contributed by atoms with Crippen LogP contribution in [0.15, 0.2) is 29.6 Å². The molecule has 1 saturated heterocycles. The summed E-state index contributed by atoms with van der Waals surface area (Å²) in [6, 6.07) is 7.76. The quantitative estimate of drug-likeness (QED) is 0.928. The third-order valence-electron chi connectivity index (χ3n) is 4.14. The van der Waals surface area contributed by atoms with Gasteiger partial charge in [-0.3, -0.25) is 14.6 Å². The summed E-state index contributed by atoms with van der Waals surface area (Å²) in [6.07, 6.45) is 1.91. The molecule has 2 aromatic rings. The normalized spacial score (nSPS) is 17.1. The van der Waals surface area contributed by atoms with E-state index in [1.165, 1.54) is 18.3 Å². The molecule has 0 aliphatic carbocycles. The van der Waals surface area contributed by atoms with E-state index in [9.17, 15) is 9.59 Å². The molecule has 2 aromatic heterocycles. The summed E-state index contributed by atoms with van der Waals surface area (Å²) in [5.41, 5.74) is 2.83. The van der Waals surface area contributed by atoms with Crippen molar-refractivity contribution in [2.45, 2.75) is 39.3 Å². The highest BCUT2D eigenvalue weighted by atomic mass is 32.1. The number of nitrogens with one attached hydrogen (secondary N) is 1. The lowest BCUT2D eigenvalue weighted by atomic mass is 10.1. The number of hydrogen-bond acceptors (Lipinski definition) is 4. The van der Waals surface area contributed by atoms with Crippen molar-refractivity contribution in [2.24, 2.45) is 0 Å². The molecule has 126 valence electrons. The zero-order chi connectivity index (χ0) is 17.1. The first-order valence-corrected chi connectivity index (χ1v) is 8.99. The van der Waals surface area contributed by atoms with Crippen LogP contribution < -0.4 is 5.32 Å². The standard InChI is InChI=1S/C18H21N3O2S/c1-12-9-17(24-11-12)18(23)21-8-4-7-16(21)15-6-3-5-14(20-15)10-19-13(2)22/h3,5-6,9,11,16H,4,7-8,10H2,1-2H3,(H,19,22)/t16-/m0/s1. The third-order valence-corrected chi connectivity index (χ3v) is 5.18. The monoisotopic (exact) mass is 343 g/mol. The number of thiophene rings is 1. The Morgan fingerprint density at radius 2 is 2.25 bits per heavy atom. The van der Waals surface area contributed by atoms with Crippen molar-refractivity contribution in [1.29, 1.82) is 0 Å². The van der Waals surface area contributed by atoms with Gasteiger partial charge in [-0.1, -0.05) is 6.07 Å². The molecule has 0 bridgehead atoms. The van der Waals surface area contributed by atoms with Crippen LogP contribution in [-0.2, 0) is 11.3 Å². The Kier molecular flexibility index (Phi) is 4.94. The summed E-state index contributed by atoms with van der Waals surface area (Å²) in [6.45, 7) is 4.66. The molecule has 1 N–H and O–H groups in total. The van der Waals surface area contributed by atoms with Gasteiger partial charge in [0.25, 0.3) is 5.91 Å². The van der Waals surface area contributed by atoms with Gasteiger partial charge in [0.05, 0.1) is 28.9 Å². The van der Waals surface area contributed by atoms with Crippen LogP contribution in [0.5, 0.6) is 0 Å². The minimum Gasteiger partial charge on any atom is -0.351 e. The molecule has 1 aliphatic heterocycles. The van der Waals surface area contributed by atoms with Crippen LogP contribution in [0.25, 0.3) is 0 Å². The first-order chi connectivity index (χ1) is 11.5. The molecule has 6 heteroatoms. The molecular formula is C18H21N3O2S. The molecule has 0 aromatic carbocycles. The van der Waals surface area contributed by atoms with Gasteiger partial charge < -0.3 is 10.2 Å². The number of amides is 2. The zero-order valence-electron chi connectivity index (χ0n) is 13.9. The van der Waals surface area contributed by atoms with E-state index in [1.807, 2.05) is 41.5 Å². The van der Waals surface area contributed by atoms with Gasteiger partial charge >= 0.3 is 0 Å². The van der Waals surface area contributed by atoms with E-state index in [1.54, 1.807) is 0 Å². The average Bonchev–Trinajstić information content (AvgIpc) is 3.21. The summed E-state index contributed by atoms with van der Waals surface area (Å²) in [5.74, 6) is 0.0117. The van der Waals surface area contributed by atoms with Crippen LogP contribution in [-0.4, -0.2) is 28.2 Å². The Bertz CT molecular complexity index is 756. The second kappa shape index (κ2) is 7.13. The van der Waals surface area contributed by atoms with Crippen LogP contribution in [0.2, 0.25) is 0 Å². The predicted molar refractivity (Wildman–Crippen MR) is 93.8 cm³/mol. The summed E-state index contributed by atoms with van der Waals surface area (Å²) in [7, 11) is 0. The maximum absolute atomic E-state index is 12.8. The maximum Gasteiger partial charge on any atom is 0.264 e. The molecule has 2 amide bonds. The van der Waals surface area contributed by atoms with Crippen molar-refractivity contribution in [3.63, 3.8) is 0 Å². The summed E-state index contributed by atoms with van der Waals surface area (Å²) in [5, 5.41) is 4.77. The van der Waals surface area contributed by atoms with E-state index in [-0.39, 0.29) is 17.9 Å². The molecule has 5 nitrogen and oxygen atoms in total. The number of carbonyl (C=O) groups excluding carboxylic acids is 2. The van der Waals surface area contributed by atoms with E-state index >= 15 is 0 Å². The Labute approximate surface area is 145 Å². The number of pyridine rings is 1. The first-order valence-electron chi connectivity index (χ1n) is 8.11. The van der Waals surface area contributed by atoms with Crippen molar-refractivity contribution in [3.05, 3.63) is 51.5 Å². The molecular weight excluding hydrogens is 322 g/mol. The Balaban J connectivity index is 1.79. The van der Waals surface area contributed by atoms with Crippen molar-refractivity contribution < 1.29 is 9.59 Å². The van der Waals surface area contributed by atoms with Gasteiger partial charge in [0.15, 0.2) is 0 Å². The van der Waals surface area contributed by atoms with Crippen LogP contribution in [0.3, 0.4) is 0 Å². The highest BCUT2D eigenvalue weighted by Gasteiger charge is 2.32. The molecule has 0 unspecified atom stereocenters. The third kappa shape index (κ3) is 3.64. The van der Waals surface area contributed by atoms with E-state index in [0.717, 1.165) is 41.2 Å². The van der Waals surface area contributed by atoms with Gasteiger partial charge in [-0.25, -0.2) is 0 Å². The first kappa shape index (κ1) is 16.6. The van der Waals surface area contributed by atoms with Crippen molar-refractivity contribution in [1.82, 2.24) is 15.2 Å². The predicted octanol–water partition coefficient (Wildman–Crippen LogP) is 3.06. The largest absolute Gasteiger partial charge is 0.351 e. The fourth-order valence-corrected chi connectivity index (χ4v) is 3.85. The topological polar surface area (TPSA) is 62.3 Å². The van der Waals surface area contributed by atoms with Crippen LogP contribution >= 0.6 is 11.3 Å². The fourth-order valence-electron chi connectivity index (χ4n) is 3.00. The lowest BCUT2D eigenvalue weighted by Crippen LogP contribution is -2.30. The Morgan fingerprint density at radius 3 is 2.96 bits per heavy atom. The van der Waals surface area contributed by atoms with Gasteiger partial charge in [-0.15, -0.1) is 11.3 Å². The number of carbonyl (C=O) groups is 2. The molecule has 1 atom stereocenters. The smallest absolute Gasteiger partial charge is 0.264 e. The van der Waals surface area contributed by atoms with Crippen LogP contribution in [0.4, 0.5) is 0 Å². The fraction of sp³-hybridized carbons (Fsp3) is 0.389. The van der Waals surface area contributed by atoms with Crippen LogP contribution in [0, 0.1) is 6.92 Å². The maximum atomic E-state index is 12.8. The van der Waals surface area contributed by atoms with Crippen molar-refractivity contribution in [2.75, 3.05) is 6.54 Å². The molecule has 1 aliphatic rings. The molecule has 3 rings (SSSR count). The zero-order valence-corrected chi connectivity index (χ0v) is 14.7. The number of aromatic nitrogens is 1. The molecule has 3 heterocycles. The van der Waals surface area contributed by atoms with E-state index in [2.05, 4.69) is 10.3 Å². The molecule has 0 spiro atoms. The number of rotatable bonds is 4. The van der Waals surface area contributed by atoms with E-state index in [4.69, 9.17) is 0 Å². The molecule has 0 radical (unpaired) electrons. The van der Waals surface area contributed by atoms with Gasteiger partial charge in [-0.05, 0) is 48.9 Å². The second-order valence-corrected chi connectivity index (χ2v) is 7.02. The minimum atomic E-state index is -0.0760. The van der Waals surface area contributed by atoms with Gasteiger partial charge in [0.2, 0.25) is 5.91 Å². The van der Waals surface area contributed by atoms with Crippen molar-refractivity contribution >= 4 is 23.2 Å². The Morgan fingerprint density at radius 1 is 1.42 bits per heavy atom. The lowest BCUT2D eigenvalue weighted by Gasteiger charge is -2.24. The highest BCUT2D eigenvalue weighted by molar-refractivity contribution is 7.12. The average molecular weight is 343 g/mol. The Hall–Kier alpha value is -2.21. The number of nitrogens with zero attached hydrogens (tertiary/aromatic N) is 2. The van der Waals surface area contributed by atoms with Gasteiger partial charge in [0, 0.05) is 13.5 Å². The SMILES string of the molecule is CC(=O)NCc1cccc([C@@H]2CCCN2C(=O)c2cc(C)cs2)n1. The van der Waals surface area contributed by atoms with Crippen molar-refractivity contribution in [3.8, 4) is 0 Å². The number of likely N-dealkylation sites (tertiary alicyclic amines) is 1. The molecule has 24 heavy (non-hydrogen) atoms. The lowest BCUT2D eigenvalue weighted by molar-refractivity contribution is -0.119. The summed E-state index contributed by atoms with van der Waals surface area (Å²) < 4.78 is 0. The highest BCUT2D eigenvalue weighted by Crippen LogP contribution is 2.33. The number of hydrogen-bond donors (Lipinski definition) is 1. The van der Waals surface area contributed by atoms with E-state index in [0.29, 0.717) is 6.54 Å². The number of aryl methyl sites for hydroxylation is 1. The second-order valence-electron chi connectivity index (χ2n) is 6.11.